The number of aliphatic hydroxyl groups is 8. The summed E-state index contributed by atoms with van der Waals surface area (Å²) < 4.78 is 22.6. The Balaban J connectivity index is 1.89. The molecule has 14 nitrogen and oxygen atoms in total. The van der Waals surface area contributed by atoms with E-state index in [2.05, 4.69) is 92.1 Å². The lowest BCUT2D eigenvalue weighted by Gasteiger charge is -2.46. The Labute approximate surface area is 376 Å². The molecule has 2 aliphatic heterocycles. The summed E-state index contributed by atoms with van der Waals surface area (Å²) in [4.78, 5) is 13.1. The number of hydrogen-bond acceptors (Lipinski definition) is 13. The highest BCUT2D eigenvalue weighted by atomic mass is 16.7. The molecular formula is C49H81NO13. The van der Waals surface area contributed by atoms with E-state index < -0.39 is 86.8 Å². The Morgan fingerprint density at radius 2 is 1.11 bits per heavy atom. The molecule has 0 bridgehead atoms. The number of carbonyl (C=O) groups excluding carboxylic acids is 1. The summed E-state index contributed by atoms with van der Waals surface area (Å²) in [6.07, 6.45) is 27.8. The lowest BCUT2D eigenvalue weighted by Crippen LogP contribution is -2.65. The van der Waals surface area contributed by atoms with Crippen molar-refractivity contribution in [3.63, 3.8) is 0 Å². The SMILES string of the molecule is CC/C=C\C/C=C\C/C=C\C/C=C\C/C=C\CCCCCC(=O)NC(COC1OC(CO)C(OC2OC(CO)C(O)C(O)C2O)C(O)C1O)C(O)/C=C/CC/C=C/CCCCCC. The van der Waals surface area contributed by atoms with Gasteiger partial charge in [-0.25, -0.2) is 0 Å². The van der Waals surface area contributed by atoms with Crippen LogP contribution in [-0.4, -0.2) is 140 Å². The van der Waals surface area contributed by atoms with Gasteiger partial charge in [0, 0.05) is 6.42 Å². The first-order chi connectivity index (χ1) is 30.6. The molecule has 2 fully saturated rings. The summed E-state index contributed by atoms with van der Waals surface area (Å²) in [6, 6.07) is -0.951. The fourth-order valence-corrected chi connectivity index (χ4v) is 6.98. The number of hydrogen-bond donors (Lipinski definition) is 9. The number of rotatable bonds is 33. The average molecular weight is 892 g/mol. The van der Waals surface area contributed by atoms with Crippen molar-refractivity contribution in [2.24, 2.45) is 0 Å². The van der Waals surface area contributed by atoms with Crippen molar-refractivity contribution < 1.29 is 64.6 Å². The Morgan fingerprint density at radius 3 is 1.71 bits per heavy atom. The minimum atomic E-state index is -1.80. The Hall–Kier alpha value is -2.83. The minimum absolute atomic E-state index is 0.229. The van der Waals surface area contributed by atoms with Crippen molar-refractivity contribution in [1.82, 2.24) is 5.32 Å². The van der Waals surface area contributed by atoms with Crippen LogP contribution in [0.4, 0.5) is 0 Å². The molecule has 0 aromatic carbocycles. The van der Waals surface area contributed by atoms with Gasteiger partial charge < -0.3 is 65.1 Å². The molecule has 0 spiro atoms. The molecule has 63 heavy (non-hydrogen) atoms. The van der Waals surface area contributed by atoms with Crippen molar-refractivity contribution in [3.05, 3.63) is 85.1 Å². The monoisotopic (exact) mass is 892 g/mol. The molecule has 12 atom stereocenters. The van der Waals surface area contributed by atoms with Gasteiger partial charge in [0.2, 0.25) is 5.91 Å². The number of ether oxygens (including phenoxy) is 4. The number of nitrogens with one attached hydrogen (secondary N) is 1. The number of carbonyl (C=O) groups is 1. The second-order valence-corrected chi connectivity index (χ2v) is 16.1. The number of amides is 1. The summed E-state index contributed by atoms with van der Waals surface area (Å²) in [6.45, 7) is 2.54. The summed E-state index contributed by atoms with van der Waals surface area (Å²) >= 11 is 0. The third-order valence-corrected chi connectivity index (χ3v) is 10.8. The van der Waals surface area contributed by atoms with Gasteiger partial charge in [-0.1, -0.05) is 125 Å². The maximum atomic E-state index is 13.1. The van der Waals surface area contributed by atoms with Crippen LogP contribution in [0.3, 0.4) is 0 Å². The van der Waals surface area contributed by atoms with E-state index in [9.17, 15) is 45.6 Å². The van der Waals surface area contributed by atoms with Crippen LogP contribution in [0.5, 0.6) is 0 Å². The fraction of sp³-hybridized carbons (Fsp3) is 0.694. The maximum Gasteiger partial charge on any atom is 0.220 e. The normalized spacial score (nSPS) is 28.3. The van der Waals surface area contributed by atoms with Crippen molar-refractivity contribution in [3.8, 4) is 0 Å². The quantitative estimate of drug-likeness (QED) is 0.0312. The molecule has 0 aromatic heterocycles. The first-order valence-electron chi connectivity index (χ1n) is 23.3. The van der Waals surface area contributed by atoms with Gasteiger partial charge in [0.15, 0.2) is 12.6 Å². The van der Waals surface area contributed by atoms with Gasteiger partial charge in [-0.3, -0.25) is 4.79 Å². The first kappa shape index (κ1) is 56.3. The van der Waals surface area contributed by atoms with Gasteiger partial charge in [-0.2, -0.15) is 0 Å². The second kappa shape index (κ2) is 35.4. The third-order valence-electron chi connectivity index (χ3n) is 10.8. The summed E-state index contributed by atoms with van der Waals surface area (Å²) in [5.74, 6) is -0.289. The smallest absolute Gasteiger partial charge is 0.220 e. The third kappa shape index (κ3) is 23.3. The molecule has 0 saturated carbocycles. The predicted octanol–water partition coefficient (Wildman–Crippen LogP) is 5.04. The molecule has 2 rings (SSSR count). The number of aliphatic hydroxyl groups excluding tert-OH is 8. The first-order valence-corrected chi connectivity index (χ1v) is 23.3. The molecule has 0 radical (unpaired) electrons. The summed E-state index contributed by atoms with van der Waals surface area (Å²) in [5.41, 5.74) is 0. The largest absolute Gasteiger partial charge is 0.394 e. The van der Waals surface area contributed by atoms with Crippen LogP contribution in [0.25, 0.3) is 0 Å². The Morgan fingerprint density at radius 1 is 0.587 bits per heavy atom. The lowest BCUT2D eigenvalue weighted by molar-refractivity contribution is -0.359. The van der Waals surface area contributed by atoms with Crippen molar-refractivity contribution >= 4 is 5.91 Å². The predicted molar refractivity (Wildman–Crippen MR) is 244 cm³/mol. The van der Waals surface area contributed by atoms with E-state index in [0.717, 1.165) is 70.6 Å². The zero-order valence-electron chi connectivity index (χ0n) is 37.8. The molecule has 2 saturated heterocycles. The van der Waals surface area contributed by atoms with E-state index in [4.69, 9.17) is 18.9 Å². The summed E-state index contributed by atoms with van der Waals surface area (Å²) in [5, 5.41) is 86.4. The van der Waals surface area contributed by atoms with E-state index in [1.54, 1.807) is 6.08 Å². The molecule has 2 aliphatic rings. The topological polar surface area (TPSA) is 228 Å². The van der Waals surface area contributed by atoms with Crippen LogP contribution in [0.2, 0.25) is 0 Å². The molecule has 0 aliphatic carbocycles. The van der Waals surface area contributed by atoms with Crippen molar-refractivity contribution in [1.29, 1.82) is 0 Å². The highest BCUT2D eigenvalue weighted by molar-refractivity contribution is 5.76. The van der Waals surface area contributed by atoms with Crippen LogP contribution in [0.1, 0.15) is 123 Å². The van der Waals surface area contributed by atoms with Gasteiger partial charge in [-0.15, -0.1) is 0 Å². The summed E-state index contributed by atoms with van der Waals surface area (Å²) in [7, 11) is 0. The van der Waals surface area contributed by atoms with Gasteiger partial charge in [-0.05, 0) is 77.0 Å². The molecule has 2 heterocycles. The molecule has 1 amide bonds. The molecular weight excluding hydrogens is 811 g/mol. The Bertz CT molecular complexity index is 1380. The van der Waals surface area contributed by atoms with Crippen LogP contribution >= 0.6 is 0 Å². The highest BCUT2D eigenvalue weighted by Crippen LogP contribution is 2.30. The van der Waals surface area contributed by atoms with Gasteiger partial charge >= 0.3 is 0 Å². The van der Waals surface area contributed by atoms with E-state index in [1.165, 1.54) is 19.3 Å². The zero-order chi connectivity index (χ0) is 46.1. The molecule has 0 aromatic rings. The van der Waals surface area contributed by atoms with Crippen molar-refractivity contribution in [2.45, 2.75) is 197 Å². The van der Waals surface area contributed by atoms with Gasteiger partial charge in [0.25, 0.3) is 0 Å². The standard InChI is InChI=1S/C49H81NO13/c1-3-5-7-9-11-13-15-16-17-18-19-20-21-22-23-25-27-29-31-33-41(54)50-37(38(53)32-30-28-26-24-14-12-10-8-6-4-2)36-60-48-46(59)44(57)47(40(35-52)62-48)63-49-45(58)43(56)42(55)39(34-51)61-49/h5,7,11,13-14,16-17,19-20,22-24,30,32,37-40,42-49,51-53,55-59H,3-4,6,8-10,12,15,18,21,25-29,31,33-36H2,1-2H3,(H,50,54)/b7-5-,13-11-,17-16-,20-19-,23-22-,24-14+,32-30+. The van der Waals surface area contributed by atoms with Crippen LogP contribution < -0.4 is 5.32 Å². The average Bonchev–Trinajstić information content (AvgIpc) is 3.28. The highest BCUT2D eigenvalue weighted by Gasteiger charge is 2.50. The van der Waals surface area contributed by atoms with E-state index in [1.807, 2.05) is 6.08 Å². The van der Waals surface area contributed by atoms with Crippen LogP contribution in [0, 0.1) is 0 Å². The molecule has 360 valence electrons. The molecule has 14 heteroatoms. The number of unbranched alkanes of at least 4 members (excludes halogenated alkanes) is 8. The lowest BCUT2D eigenvalue weighted by atomic mass is 9.97. The van der Waals surface area contributed by atoms with E-state index in [0.29, 0.717) is 12.8 Å². The fourth-order valence-electron chi connectivity index (χ4n) is 6.98. The second-order valence-electron chi connectivity index (χ2n) is 16.1. The van der Waals surface area contributed by atoms with Gasteiger partial charge in [0.05, 0.1) is 32.0 Å². The zero-order valence-corrected chi connectivity index (χ0v) is 37.8. The maximum absolute atomic E-state index is 13.1. The Kier molecular flexibility index (Phi) is 31.7. The molecule has 12 unspecified atom stereocenters. The van der Waals surface area contributed by atoms with E-state index in [-0.39, 0.29) is 18.9 Å². The van der Waals surface area contributed by atoms with Crippen LogP contribution in [0.15, 0.2) is 85.1 Å². The molecule has 9 N–H and O–H groups in total. The minimum Gasteiger partial charge on any atom is -0.394 e. The van der Waals surface area contributed by atoms with Gasteiger partial charge in [0.1, 0.15) is 48.8 Å². The number of allylic oxidation sites excluding steroid dienone is 13. The van der Waals surface area contributed by atoms with E-state index >= 15 is 0 Å². The van der Waals surface area contributed by atoms with Crippen LogP contribution in [-0.2, 0) is 23.7 Å². The van der Waals surface area contributed by atoms with Crippen molar-refractivity contribution in [2.75, 3.05) is 19.8 Å².